The van der Waals surface area contributed by atoms with Crippen LogP contribution in [0.5, 0.6) is 0 Å². The molecule has 0 unspecified atom stereocenters. The Morgan fingerprint density at radius 1 is 1.30 bits per heavy atom. The molecule has 1 amide bonds. The molecule has 136 valence electrons. The molecule has 0 atom stereocenters. The van der Waals surface area contributed by atoms with Crippen molar-refractivity contribution in [2.75, 3.05) is 13.1 Å². The minimum absolute atomic E-state index is 0.0695. The third-order valence-electron chi connectivity index (χ3n) is 4.86. The minimum Gasteiger partial charge on any atom is -0.342 e. The Hall–Kier alpha value is -3.47. The van der Waals surface area contributed by atoms with E-state index in [4.69, 9.17) is 10.2 Å². The van der Waals surface area contributed by atoms with E-state index < -0.39 is 0 Å². The van der Waals surface area contributed by atoms with Crippen LogP contribution in [0.2, 0.25) is 0 Å². The zero-order valence-electron chi connectivity index (χ0n) is 15.0. The van der Waals surface area contributed by atoms with Gasteiger partial charge in [-0.05, 0) is 31.0 Å². The lowest BCUT2D eigenvalue weighted by Gasteiger charge is -2.31. The van der Waals surface area contributed by atoms with E-state index in [1.54, 1.807) is 29.2 Å². The number of nitriles is 1. The number of aryl methyl sites for hydroxylation is 1. The Balaban J connectivity index is 1.43. The molecule has 0 aromatic carbocycles. The van der Waals surface area contributed by atoms with Gasteiger partial charge in [0.25, 0.3) is 5.91 Å². The first-order chi connectivity index (χ1) is 13.1. The van der Waals surface area contributed by atoms with Crippen LogP contribution in [0.3, 0.4) is 0 Å². The Morgan fingerprint density at radius 3 is 2.78 bits per heavy atom. The predicted molar refractivity (Wildman–Crippen MR) is 97.6 cm³/mol. The summed E-state index contributed by atoms with van der Waals surface area (Å²) in [6.07, 6.45) is 7.13. The quantitative estimate of drug-likeness (QED) is 0.769. The van der Waals surface area contributed by atoms with E-state index in [1.807, 2.05) is 30.3 Å². The standard InChI is InChI=1S/C19H19N7O/c1-25-12-14(11-22-25)16-4-7-21-18(24-16)13-5-8-26(9-6-13)19(27)17-3-2-15(10-20)23-17/h2-4,7,11-13,23H,5-6,8-9H2,1H3. The van der Waals surface area contributed by atoms with Crippen molar-refractivity contribution in [2.45, 2.75) is 18.8 Å². The molecule has 8 heteroatoms. The van der Waals surface area contributed by atoms with Crippen molar-refractivity contribution in [3.05, 3.63) is 54.0 Å². The number of nitrogens with one attached hydrogen (secondary N) is 1. The number of likely N-dealkylation sites (tertiary alicyclic amines) is 1. The number of hydrogen-bond acceptors (Lipinski definition) is 5. The second kappa shape index (κ2) is 7.03. The average Bonchev–Trinajstić information content (AvgIpc) is 3.37. The largest absolute Gasteiger partial charge is 0.342 e. The highest BCUT2D eigenvalue weighted by Crippen LogP contribution is 2.27. The van der Waals surface area contributed by atoms with Gasteiger partial charge in [-0.2, -0.15) is 10.4 Å². The molecular weight excluding hydrogens is 342 g/mol. The first-order valence-corrected chi connectivity index (χ1v) is 8.84. The summed E-state index contributed by atoms with van der Waals surface area (Å²) >= 11 is 0. The summed E-state index contributed by atoms with van der Waals surface area (Å²) < 4.78 is 1.75. The topological polar surface area (TPSA) is 103 Å². The van der Waals surface area contributed by atoms with Crippen molar-refractivity contribution in [2.24, 2.45) is 7.05 Å². The molecular formula is C19H19N7O. The number of aromatic nitrogens is 5. The number of carbonyl (C=O) groups excluding carboxylic acids is 1. The van der Waals surface area contributed by atoms with Crippen molar-refractivity contribution >= 4 is 5.91 Å². The zero-order valence-corrected chi connectivity index (χ0v) is 15.0. The Bertz CT molecular complexity index is 1000. The van der Waals surface area contributed by atoms with Crippen LogP contribution in [0.15, 0.2) is 36.8 Å². The van der Waals surface area contributed by atoms with E-state index in [0.29, 0.717) is 24.5 Å². The summed E-state index contributed by atoms with van der Waals surface area (Å²) in [7, 11) is 1.88. The maximum atomic E-state index is 12.6. The van der Waals surface area contributed by atoms with Crippen LogP contribution >= 0.6 is 0 Å². The van der Waals surface area contributed by atoms with Gasteiger partial charge in [-0.1, -0.05) is 0 Å². The molecule has 8 nitrogen and oxygen atoms in total. The van der Waals surface area contributed by atoms with Gasteiger partial charge in [0.15, 0.2) is 0 Å². The van der Waals surface area contributed by atoms with Crippen molar-refractivity contribution in [3.8, 4) is 17.3 Å². The van der Waals surface area contributed by atoms with Crippen molar-refractivity contribution in [3.63, 3.8) is 0 Å². The second-order valence-electron chi connectivity index (χ2n) is 6.67. The number of amides is 1. The van der Waals surface area contributed by atoms with Gasteiger partial charge in [0.2, 0.25) is 0 Å². The van der Waals surface area contributed by atoms with Crippen LogP contribution in [0, 0.1) is 11.3 Å². The van der Waals surface area contributed by atoms with Crippen LogP contribution in [0.25, 0.3) is 11.3 Å². The maximum Gasteiger partial charge on any atom is 0.270 e. The molecule has 0 bridgehead atoms. The smallest absolute Gasteiger partial charge is 0.270 e. The van der Waals surface area contributed by atoms with Gasteiger partial charge in [0.1, 0.15) is 23.3 Å². The first kappa shape index (κ1) is 17.0. The van der Waals surface area contributed by atoms with Crippen molar-refractivity contribution in [1.82, 2.24) is 29.6 Å². The number of H-pyrrole nitrogens is 1. The normalized spacial score (nSPS) is 14.9. The number of hydrogen-bond donors (Lipinski definition) is 1. The van der Waals surface area contributed by atoms with Crippen LogP contribution < -0.4 is 0 Å². The molecule has 0 saturated carbocycles. The molecule has 4 heterocycles. The van der Waals surface area contributed by atoms with Gasteiger partial charge in [-0.15, -0.1) is 0 Å². The molecule has 1 saturated heterocycles. The SMILES string of the molecule is Cn1cc(-c2ccnc(C3CCN(C(=O)c4ccc(C#N)[nH]4)CC3)n2)cn1. The minimum atomic E-state index is -0.0695. The molecule has 1 fully saturated rings. The second-order valence-corrected chi connectivity index (χ2v) is 6.67. The molecule has 4 rings (SSSR count). The first-order valence-electron chi connectivity index (χ1n) is 8.84. The lowest BCUT2D eigenvalue weighted by Crippen LogP contribution is -2.38. The highest BCUT2D eigenvalue weighted by atomic mass is 16.2. The molecule has 1 N–H and O–H groups in total. The molecule has 0 spiro atoms. The number of nitrogens with zero attached hydrogens (tertiary/aromatic N) is 6. The summed E-state index contributed by atoms with van der Waals surface area (Å²) in [6, 6.07) is 7.17. The highest BCUT2D eigenvalue weighted by molar-refractivity contribution is 5.92. The van der Waals surface area contributed by atoms with Gasteiger partial charge >= 0.3 is 0 Å². The molecule has 0 aliphatic carbocycles. The molecule has 1 aliphatic heterocycles. The fraction of sp³-hybridized carbons (Fsp3) is 0.316. The van der Waals surface area contributed by atoms with E-state index in [-0.39, 0.29) is 11.8 Å². The third-order valence-corrected chi connectivity index (χ3v) is 4.86. The predicted octanol–water partition coefficient (Wildman–Crippen LogP) is 2.10. The van der Waals surface area contributed by atoms with Crippen LogP contribution in [0.1, 0.15) is 40.8 Å². The number of carbonyl (C=O) groups is 1. The van der Waals surface area contributed by atoms with E-state index in [9.17, 15) is 4.79 Å². The van der Waals surface area contributed by atoms with Gasteiger partial charge < -0.3 is 9.88 Å². The number of piperidine rings is 1. The lowest BCUT2D eigenvalue weighted by atomic mass is 9.95. The summed E-state index contributed by atoms with van der Waals surface area (Å²) in [6.45, 7) is 1.29. The Morgan fingerprint density at radius 2 is 2.11 bits per heavy atom. The van der Waals surface area contributed by atoms with E-state index >= 15 is 0 Å². The Labute approximate surface area is 156 Å². The number of aromatic amines is 1. The third kappa shape index (κ3) is 3.44. The van der Waals surface area contributed by atoms with Crippen LogP contribution in [-0.4, -0.2) is 48.6 Å². The van der Waals surface area contributed by atoms with Crippen molar-refractivity contribution < 1.29 is 4.79 Å². The van der Waals surface area contributed by atoms with Gasteiger partial charge in [-0.3, -0.25) is 9.48 Å². The maximum absolute atomic E-state index is 12.6. The molecule has 3 aromatic rings. The average molecular weight is 361 g/mol. The number of rotatable bonds is 3. The van der Waals surface area contributed by atoms with Crippen LogP contribution in [0.4, 0.5) is 0 Å². The monoisotopic (exact) mass is 361 g/mol. The van der Waals surface area contributed by atoms with Gasteiger partial charge in [0.05, 0.1) is 11.9 Å². The molecule has 3 aromatic heterocycles. The fourth-order valence-electron chi connectivity index (χ4n) is 3.38. The van der Waals surface area contributed by atoms with Gasteiger partial charge in [-0.25, -0.2) is 9.97 Å². The van der Waals surface area contributed by atoms with Crippen LogP contribution in [-0.2, 0) is 7.05 Å². The molecule has 27 heavy (non-hydrogen) atoms. The molecule has 0 radical (unpaired) electrons. The Kier molecular flexibility index (Phi) is 4.42. The van der Waals surface area contributed by atoms with E-state index in [2.05, 4.69) is 15.1 Å². The highest BCUT2D eigenvalue weighted by Gasteiger charge is 2.27. The van der Waals surface area contributed by atoms with E-state index in [0.717, 1.165) is 29.9 Å². The van der Waals surface area contributed by atoms with Gasteiger partial charge in [0, 0.05) is 44.0 Å². The lowest BCUT2D eigenvalue weighted by molar-refractivity contribution is 0.0706. The summed E-state index contributed by atoms with van der Waals surface area (Å²) in [5.74, 6) is 0.971. The summed E-state index contributed by atoms with van der Waals surface area (Å²) in [5.41, 5.74) is 2.68. The fourth-order valence-corrected chi connectivity index (χ4v) is 3.38. The molecule has 1 aliphatic rings. The van der Waals surface area contributed by atoms with E-state index in [1.165, 1.54) is 0 Å². The summed E-state index contributed by atoms with van der Waals surface area (Å²) in [4.78, 5) is 26.4. The zero-order chi connectivity index (χ0) is 18.8. The van der Waals surface area contributed by atoms with Crippen molar-refractivity contribution in [1.29, 1.82) is 5.26 Å². The summed E-state index contributed by atoms with van der Waals surface area (Å²) in [5, 5.41) is 13.1.